The first kappa shape index (κ1) is 12.4. The van der Waals surface area contributed by atoms with Gasteiger partial charge in [-0.2, -0.15) is 0 Å². The van der Waals surface area contributed by atoms with Gasteiger partial charge < -0.3 is 5.32 Å². The molecule has 1 aliphatic heterocycles. The van der Waals surface area contributed by atoms with E-state index < -0.39 is 0 Å². The number of aryl methyl sites for hydroxylation is 1. The maximum atomic E-state index is 12.0. The number of nitrogens with one attached hydrogen (secondary N) is 2. The van der Waals surface area contributed by atoms with E-state index in [-0.39, 0.29) is 5.56 Å². The highest BCUT2D eigenvalue weighted by Gasteiger charge is 2.15. The highest BCUT2D eigenvalue weighted by molar-refractivity contribution is 5.39. The predicted octanol–water partition coefficient (Wildman–Crippen LogP) is 1.13. The molecule has 0 spiro atoms. The Bertz CT molecular complexity index is 622. The van der Waals surface area contributed by atoms with Crippen molar-refractivity contribution in [3.8, 4) is 0 Å². The van der Waals surface area contributed by atoms with Crippen molar-refractivity contribution in [1.29, 1.82) is 0 Å². The molecule has 0 saturated carbocycles. The topological polar surface area (TPSA) is 62.2 Å². The van der Waals surface area contributed by atoms with Crippen LogP contribution in [0.4, 0.5) is 0 Å². The second-order valence-electron chi connectivity index (χ2n) is 5.31. The Hall–Kier alpha value is -1.62. The Kier molecular flexibility index (Phi) is 3.38. The van der Waals surface area contributed by atoms with Crippen molar-refractivity contribution in [2.45, 2.75) is 32.6 Å². The van der Waals surface area contributed by atoms with Gasteiger partial charge in [-0.25, -0.2) is 9.50 Å². The highest BCUT2D eigenvalue weighted by Crippen LogP contribution is 2.16. The summed E-state index contributed by atoms with van der Waals surface area (Å²) in [7, 11) is 0. The van der Waals surface area contributed by atoms with Crippen molar-refractivity contribution in [2.75, 3.05) is 13.1 Å². The van der Waals surface area contributed by atoms with Crippen molar-refractivity contribution in [1.82, 2.24) is 19.9 Å². The Morgan fingerprint density at radius 1 is 1.37 bits per heavy atom. The van der Waals surface area contributed by atoms with E-state index in [2.05, 4.69) is 22.3 Å². The average Bonchev–Trinajstić information content (AvgIpc) is 2.83. The number of H-pyrrole nitrogens is 1. The highest BCUT2D eigenvalue weighted by atomic mass is 16.1. The first-order chi connectivity index (χ1) is 9.26. The van der Waals surface area contributed by atoms with Gasteiger partial charge in [0, 0.05) is 23.5 Å². The van der Waals surface area contributed by atoms with Crippen LogP contribution in [-0.4, -0.2) is 27.7 Å². The Balaban J connectivity index is 1.89. The molecule has 1 aliphatic rings. The van der Waals surface area contributed by atoms with Gasteiger partial charge in [-0.3, -0.25) is 9.89 Å². The second kappa shape index (κ2) is 5.17. The molecule has 102 valence electrons. The summed E-state index contributed by atoms with van der Waals surface area (Å²) in [5, 5.41) is 6.44. The third-order valence-corrected chi connectivity index (χ3v) is 3.89. The monoisotopic (exact) mass is 260 g/mol. The van der Waals surface area contributed by atoms with E-state index in [0.717, 1.165) is 43.0 Å². The van der Waals surface area contributed by atoms with Crippen molar-refractivity contribution >= 4 is 5.65 Å². The lowest BCUT2D eigenvalue weighted by atomic mass is 9.93. The Morgan fingerprint density at radius 3 is 2.89 bits per heavy atom. The van der Waals surface area contributed by atoms with Gasteiger partial charge in [-0.15, -0.1) is 0 Å². The third-order valence-electron chi connectivity index (χ3n) is 3.89. The fourth-order valence-corrected chi connectivity index (χ4v) is 2.76. The van der Waals surface area contributed by atoms with E-state index in [1.165, 1.54) is 17.4 Å². The van der Waals surface area contributed by atoms with Crippen LogP contribution in [-0.2, 0) is 12.8 Å². The van der Waals surface area contributed by atoms with Gasteiger partial charge in [0.2, 0.25) is 0 Å². The van der Waals surface area contributed by atoms with E-state index in [4.69, 9.17) is 0 Å². The normalized spacial score (nSPS) is 17.1. The second-order valence-corrected chi connectivity index (χ2v) is 5.31. The zero-order valence-electron chi connectivity index (χ0n) is 11.3. The van der Waals surface area contributed by atoms with E-state index in [1.807, 2.05) is 6.07 Å². The minimum absolute atomic E-state index is 0.00589. The predicted molar refractivity (Wildman–Crippen MR) is 74.5 cm³/mol. The standard InChI is InChI=1S/C14H20N4O/c1-2-11-8-13-16-12(9-14(19)18(13)17-11)7-10-3-5-15-6-4-10/h8-10,15,17H,2-7H2,1H3. The lowest BCUT2D eigenvalue weighted by molar-refractivity contribution is 0.370. The average molecular weight is 260 g/mol. The van der Waals surface area contributed by atoms with Gasteiger partial charge in [0.05, 0.1) is 0 Å². The van der Waals surface area contributed by atoms with Crippen LogP contribution < -0.4 is 10.9 Å². The molecule has 1 fully saturated rings. The summed E-state index contributed by atoms with van der Waals surface area (Å²) in [5.74, 6) is 0.653. The summed E-state index contributed by atoms with van der Waals surface area (Å²) >= 11 is 0. The van der Waals surface area contributed by atoms with Crippen LogP contribution >= 0.6 is 0 Å². The maximum Gasteiger partial charge on any atom is 0.272 e. The van der Waals surface area contributed by atoms with Crippen LogP contribution in [0.2, 0.25) is 0 Å². The molecule has 5 nitrogen and oxygen atoms in total. The molecule has 0 atom stereocenters. The van der Waals surface area contributed by atoms with E-state index in [1.54, 1.807) is 6.07 Å². The van der Waals surface area contributed by atoms with Crippen molar-refractivity contribution < 1.29 is 0 Å². The van der Waals surface area contributed by atoms with Crippen molar-refractivity contribution in [3.05, 3.63) is 33.9 Å². The Labute approximate surface area is 112 Å². The van der Waals surface area contributed by atoms with E-state index >= 15 is 0 Å². The first-order valence-electron chi connectivity index (χ1n) is 7.07. The SMILES string of the molecule is CCc1cc2nc(CC3CCNCC3)cc(=O)n2[nH]1. The fraction of sp³-hybridized carbons (Fsp3) is 0.571. The zero-order valence-corrected chi connectivity index (χ0v) is 11.3. The van der Waals surface area contributed by atoms with Gasteiger partial charge in [0.15, 0.2) is 5.65 Å². The van der Waals surface area contributed by atoms with Gasteiger partial charge in [-0.05, 0) is 44.7 Å². The molecular weight excluding hydrogens is 240 g/mol. The fourth-order valence-electron chi connectivity index (χ4n) is 2.76. The lowest BCUT2D eigenvalue weighted by Crippen LogP contribution is -2.29. The summed E-state index contributed by atoms with van der Waals surface area (Å²) in [6, 6.07) is 3.64. The quantitative estimate of drug-likeness (QED) is 0.869. The molecule has 0 amide bonds. The molecule has 0 bridgehead atoms. The van der Waals surface area contributed by atoms with Crippen LogP contribution in [0.3, 0.4) is 0 Å². The molecule has 2 N–H and O–H groups in total. The molecule has 1 saturated heterocycles. The number of nitrogens with zero attached hydrogens (tertiary/aromatic N) is 2. The molecule has 2 aromatic heterocycles. The lowest BCUT2D eigenvalue weighted by Gasteiger charge is -2.21. The molecule has 3 heterocycles. The smallest absolute Gasteiger partial charge is 0.272 e. The van der Waals surface area contributed by atoms with Crippen LogP contribution in [0, 0.1) is 5.92 Å². The number of hydrogen-bond acceptors (Lipinski definition) is 3. The largest absolute Gasteiger partial charge is 0.317 e. The number of piperidine rings is 1. The van der Waals surface area contributed by atoms with Gasteiger partial charge in [0.1, 0.15) is 0 Å². The number of fused-ring (bicyclic) bond motifs is 1. The van der Waals surface area contributed by atoms with Gasteiger partial charge in [-0.1, -0.05) is 6.92 Å². The summed E-state index contributed by atoms with van der Waals surface area (Å²) < 4.78 is 1.53. The van der Waals surface area contributed by atoms with Crippen LogP contribution in [0.5, 0.6) is 0 Å². The molecule has 5 heteroatoms. The summed E-state index contributed by atoms with van der Waals surface area (Å²) in [5.41, 5.74) is 2.71. The number of aromatic amines is 1. The molecule has 0 unspecified atom stereocenters. The minimum Gasteiger partial charge on any atom is -0.317 e. The van der Waals surface area contributed by atoms with Crippen molar-refractivity contribution in [2.24, 2.45) is 5.92 Å². The molecule has 3 rings (SSSR count). The van der Waals surface area contributed by atoms with Crippen LogP contribution in [0.15, 0.2) is 16.9 Å². The van der Waals surface area contributed by atoms with E-state index in [0.29, 0.717) is 5.92 Å². The minimum atomic E-state index is -0.00589. The number of hydrogen-bond donors (Lipinski definition) is 2. The third kappa shape index (κ3) is 2.56. The molecule has 0 radical (unpaired) electrons. The molecule has 0 aromatic carbocycles. The van der Waals surface area contributed by atoms with Gasteiger partial charge >= 0.3 is 0 Å². The Morgan fingerprint density at radius 2 is 2.16 bits per heavy atom. The number of aromatic nitrogens is 3. The van der Waals surface area contributed by atoms with Gasteiger partial charge in [0.25, 0.3) is 5.56 Å². The van der Waals surface area contributed by atoms with Crippen molar-refractivity contribution in [3.63, 3.8) is 0 Å². The summed E-state index contributed by atoms with van der Waals surface area (Å²) in [6.07, 6.45) is 4.15. The molecule has 19 heavy (non-hydrogen) atoms. The molecule has 0 aliphatic carbocycles. The molecular formula is C14H20N4O. The number of rotatable bonds is 3. The first-order valence-corrected chi connectivity index (χ1v) is 7.07. The zero-order chi connectivity index (χ0) is 13.2. The van der Waals surface area contributed by atoms with E-state index in [9.17, 15) is 4.79 Å². The van der Waals surface area contributed by atoms with Crippen LogP contribution in [0.25, 0.3) is 5.65 Å². The molecule has 2 aromatic rings. The maximum absolute atomic E-state index is 12.0. The summed E-state index contributed by atoms with van der Waals surface area (Å²) in [4.78, 5) is 16.7. The van der Waals surface area contributed by atoms with Crippen LogP contribution in [0.1, 0.15) is 31.2 Å². The summed E-state index contributed by atoms with van der Waals surface area (Å²) in [6.45, 7) is 4.22.